The second-order valence-electron chi connectivity index (χ2n) is 1.81. The summed E-state index contributed by atoms with van der Waals surface area (Å²) in [6, 6.07) is 0. The van der Waals surface area contributed by atoms with Crippen molar-refractivity contribution in [3.63, 3.8) is 0 Å². The molecule has 10 heavy (non-hydrogen) atoms. The van der Waals surface area contributed by atoms with E-state index in [9.17, 15) is 4.79 Å². The molecule has 0 aliphatic heterocycles. The average Bonchev–Trinajstić information content (AvgIpc) is 1.89. The van der Waals surface area contributed by atoms with Crippen LogP contribution < -0.4 is 5.73 Å². The minimum Gasteiger partial charge on any atom is -0.462 e. The zero-order valence-corrected chi connectivity index (χ0v) is 6.17. The van der Waals surface area contributed by atoms with E-state index in [0.29, 0.717) is 13.2 Å². The monoisotopic (exact) mass is 143 g/mol. The molecule has 0 amide bonds. The van der Waals surface area contributed by atoms with Gasteiger partial charge in [0.25, 0.3) is 0 Å². The van der Waals surface area contributed by atoms with Crippen LogP contribution in [0.4, 0.5) is 0 Å². The second kappa shape index (κ2) is 6.29. The third-order valence-electron chi connectivity index (χ3n) is 0.896. The smallest absolute Gasteiger partial charge is 0.330 e. The van der Waals surface area contributed by atoms with Gasteiger partial charge in [-0.3, -0.25) is 0 Å². The van der Waals surface area contributed by atoms with E-state index < -0.39 is 0 Å². The molecular formula is C7H13NO2. The molecule has 3 heteroatoms. The van der Waals surface area contributed by atoms with Crippen LogP contribution in [0.3, 0.4) is 0 Å². The Bertz CT molecular complexity index is 121. The molecule has 0 spiro atoms. The first-order valence-corrected chi connectivity index (χ1v) is 3.30. The molecule has 0 aromatic heterocycles. The summed E-state index contributed by atoms with van der Waals surface area (Å²) in [5.41, 5.74) is 5.18. The van der Waals surface area contributed by atoms with Crippen LogP contribution in [0, 0.1) is 0 Å². The predicted molar refractivity (Wildman–Crippen MR) is 39.4 cm³/mol. The third-order valence-corrected chi connectivity index (χ3v) is 0.896. The van der Waals surface area contributed by atoms with Gasteiger partial charge in [0.15, 0.2) is 0 Å². The van der Waals surface area contributed by atoms with E-state index in [4.69, 9.17) is 10.5 Å². The predicted octanol–water partition coefficient (Wildman–Crippen LogP) is 0.455. The minimum absolute atomic E-state index is 0.295. The van der Waals surface area contributed by atoms with Crippen molar-refractivity contribution >= 4 is 5.97 Å². The number of esters is 1. The first-order chi connectivity index (χ1) is 4.81. The topological polar surface area (TPSA) is 52.3 Å². The quantitative estimate of drug-likeness (QED) is 0.353. The minimum atomic E-state index is -0.295. The van der Waals surface area contributed by atoms with Crippen LogP contribution >= 0.6 is 0 Å². The van der Waals surface area contributed by atoms with Gasteiger partial charge < -0.3 is 10.5 Å². The number of ether oxygens (including phenoxy) is 1. The fourth-order valence-electron chi connectivity index (χ4n) is 0.440. The largest absolute Gasteiger partial charge is 0.462 e. The Hall–Kier alpha value is -0.830. The molecule has 0 fully saturated rings. The lowest BCUT2D eigenvalue weighted by Crippen LogP contribution is -2.07. The Morgan fingerprint density at radius 3 is 2.90 bits per heavy atom. The summed E-state index contributed by atoms with van der Waals surface area (Å²) in [5, 5.41) is 0. The lowest BCUT2D eigenvalue weighted by molar-refractivity contribution is -0.137. The molecule has 2 N–H and O–H groups in total. The van der Waals surface area contributed by atoms with E-state index in [0.717, 1.165) is 6.42 Å². The lowest BCUT2D eigenvalue weighted by Gasteiger charge is -1.97. The first-order valence-electron chi connectivity index (χ1n) is 3.30. The Kier molecular flexibility index (Phi) is 5.77. The van der Waals surface area contributed by atoms with Gasteiger partial charge >= 0.3 is 5.97 Å². The molecular weight excluding hydrogens is 130 g/mol. The van der Waals surface area contributed by atoms with Crippen molar-refractivity contribution < 1.29 is 9.53 Å². The number of hydrogen-bond donors (Lipinski definition) is 1. The summed E-state index contributed by atoms with van der Waals surface area (Å²) in [5.74, 6) is -0.295. The number of carbonyl (C=O) groups is 1. The van der Waals surface area contributed by atoms with E-state index in [1.54, 1.807) is 13.0 Å². The molecule has 0 saturated heterocycles. The fourth-order valence-corrected chi connectivity index (χ4v) is 0.440. The number of nitrogens with two attached hydrogens (primary N) is 1. The van der Waals surface area contributed by atoms with Crippen LogP contribution in [0.2, 0.25) is 0 Å². The number of rotatable bonds is 4. The van der Waals surface area contributed by atoms with Crippen molar-refractivity contribution in [2.24, 2.45) is 5.73 Å². The number of carbonyl (C=O) groups excluding carboxylic acids is 1. The zero-order chi connectivity index (χ0) is 7.82. The lowest BCUT2D eigenvalue weighted by atomic mass is 10.4. The molecule has 0 radical (unpaired) electrons. The summed E-state index contributed by atoms with van der Waals surface area (Å²) in [6.07, 6.45) is 3.75. The summed E-state index contributed by atoms with van der Waals surface area (Å²) in [4.78, 5) is 10.6. The summed E-state index contributed by atoms with van der Waals surface area (Å²) >= 11 is 0. The number of hydrogen-bond acceptors (Lipinski definition) is 3. The standard InChI is InChI=1S/C7H13NO2/c1-2-4-7(9)10-6-3-5-8/h2,4H,3,5-6,8H2,1H3. The fraction of sp³-hybridized carbons (Fsp3) is 0.571. The van der Waals surface area contributed by atoms with Crippen molar-refractivity contribution in [2.75, 3.05) is 13.2 Å². The molecule has 0 unspecified atom stereocenters. The Labute approximate surface area is 60.9 Å². The van der Waals surface area contributed by atoms with Gasteiger partial charge in [0.1, 0.15) is 0 Å². The molecule has 0 saturated carbocycles. The van der Waals surface area contributed by atoms with Crippen molar-refractivity contribution in [3.8, 4) is 0 Å². The van der Waals surface area contributed by atoms with Gasteiger partial charge in [0.05, 0.1) is 6.61 Å². The third kappa shape index (κ3) is 5.31. The highest BCUT2D eigenvalue weighted by Crippen LogP contribution is 1.83. The SMILES string of the molecule is CC=CC(=O)OCCCN. The Morgan fingerprint density at radius 2 is 2.40 bits per heavy atom. The van der Waals surface area contributed by atoms with Gasteiger partial charge in [-0.2, -0.15) is 0 Å². The normalized spacial score (nSPS) is 10.2. The van der Waals surface area contributed by atoms with Crippen LogP contribution in [0.25, 0.3) is 0 Å². The van der Waals surface area contributed by atoms with E-state index in [1.807, 2.05) is 0 Å². The van der Waals surface area contributed by atoms with Crippen molar-refractivity contribution in [3.05, 3.63) is 12.2 Å². The van der Waals surface area contributed by atoms with E-state index in [-0.39, 0.29) is 5.97 Å². The summed E-state index contributed by atoms with van der Waals surface area (Å²) in [7, 11) is 0. The van der Waals surface area contributed by atoms with Crippen molar-refractivity contribution in [1.29, 1.82) is 0 Å². The van der Waals surface area contributed by atoms with Gasteiger partial charge in [-0.1, -0.05) is 6.08 Å². The Balaban J connectivity index is 3.22. The van der Waals surface area contributed by atoms with E-state index in [2.05, 4.69) is 0 Å². The highest BCUT2D eigenvalue weighted by molar-refractivity contribution is 5.81. The number of allylic oxidation sites excluding steroid dienone is 1. The highest BCUT2D eigenvalue weighted by atomic mass is 16.5. The van der Waals surface area contributed by atoms with Gasteiger partial charge in [-0.25, -0.2) is 4.79 Å². The molecule has 0 heterocycles. The van der Waals surface area contributed by atoms with Gasteiger partial charge in [0.2, 0.25) is 0 Å². The van der Waals surface area contributed by atoms with E-state index >= 15 is 0 Å². The summed E-state index contributed by atoms with van der Waals surface area (Å²) in [6.45, 7) is 2.74. The maximum Gasteiger partial charge on any atom is 0.330 e. The molecule has 0 aromatic carbocycles. The van der Waals surface area contributed by atoms with Gasteiger partial charge in [-0.15, -0.1) is 0 Å². The Morgan fingerprint density at radius 1 is 1.70 bits per heavy atom. The van der Waals surface area contributed by atoms with Crippen LogP contribution in [-0.2, 0) is 9.53 Å². The van der Waals surface area contributed by atoms with Crippen LogP contribution in [0.5, 0.6) is 0 Å². The molecule has 0 atom stereocenters. The zero-order valence-electron chi connectivity index (χ0n) is 6.17. The second-order valence-corrected chi connectivity index (χ2v) is 1.81. The van der Waals surface area contributed by atoms with Crippen molar-refractivity contribution in [1.82, 2.24) is 0 Å². The van der Waals surface area contributed by atoms with Gasteiger partial charge in [0, 0.05) is 6.08 Å². The van der Waals surface area contributed by atoms with Crippen LogP contribution in [0.15, 0.2) is 12.2 Å². The van der Waals surface area contributed by atoms with Crippen LogP contribution in [-0.4, -0.2) is 19.1 Å². The molecule has 0 aliphatic carbocycles. The highest BCUT2D eigenvalue weighted by Gasteiger charge is 1.92. The first kappa shape index (κ1) is 9.17. The molecule has 58 valence electrons. The molecule has 0 aromatic rings. The molecule has 0 bridgehead atoms. The molecule has 0 aliphatic rings. The van der Waals surface area contributed by atoms with Gasteiger partial charge in [-0.05, 0) is 19.9 Å². The molecule has 3 nitrogen and oxygen atoms in total. The maximum absolute atomic E-state index is 10.6. The molecule has 0 rings (SSSR count). The summed E-state index contributed by atoms with van der Waals surface area (Å²) < 4.78 is 4.72. The van der Waals surface area contributed by atoms with E-state index in [1.165, 1.54) is 6.08 Å². The van der Waals surface area contributed by atoms with Crippen LogP contribution in [0.1, 0.15) is 13.3 Å². The van der Waals surface area contributed by atoms with Crippen molar-refractivity contribution in [2.45, 2.75) is 13.3 Å². The average molecular weight is 143 g/mol. The maximum atomic E-state index is 10.6.